The Morgan fingerprint density at radius 3 is 2.81 bits per heavy atom. The first-order chi connectivity index (χ1) is 15.3. The van der Waals surface area contributed by atoms with E-state index < -0.39 is 40.9 Å². The first kappa shape index (κ1) is 21.0. The minimum absolute atomic E-state index is 0.0113. The lowest BCUT2D eigenvalue weighted by molar-refractivity contribution is -0.173. The maximum atomic E-state index is 13.9. The molecule has 8 nitrogen and oxygen atoms in total. The first-order valence-corrected chi connectivity index (χ1v) is 10.8. The zero-order valence-corrected chi connectivity index (χ0v) is 17.3. The fraction of sp³-hybridized carbons (Fsp3) is 0.500. The van der Waals surface area contributed by atoms with Crippen molar-refractivity contribution in [3.8, 4) is 0 Å². The van der Waals surface area contributed by atoms with Crippen LogP contribution in [0.4, 0.5) is 8.78 Å². The third kappa shape index (κ3) is 3.12. The highest BCUT2D eigenvalue weighted by Crippen LogP contribution is 2.37. The summed E-state index contributed by atoms with van der Waals surface area (Å²) in [7, 11) is 0. The number of carbonyl (C=O) groups excluding carboxylic acids is 3. The van der Waals surface area contributed by atoms with Crippen molar-refractivity contribution in [2.45, 2.75) is 62.1 Å². The lowest BCUT2D eigenvalue weighted by Crippen LogP contribution is -2.74. The molecule has 0 spiro atoms. The summed E-state index contributed by atoms with van der Waals surface area (Å²) in [6.45, 7) is -0.0425. The zero-order chi connectivity index (χ0) is 22.6. The standard InChI is InChI=1S/C22H24F2N4O4/c23-13-6-5-12(14(24)9-13)10-25-21(31)22(32)17(29)7-8-27-11-18-26-15-3-1-2-4-16(15)28(18)20(30)19(22)27/h5-9,15-16,18-19,26,32H,1-4,10-11H2,(H,25,31)/t15-,16-,18-,19?,22?/m0/s1. The molecule has 0 bridgehead atoms. The average Bonchev–Trinajstić information content (AvgIpc) is 3.14. The molecular weight excluding hydrogens is 422 g/mol. The van der Waals surface area contributed by atoms with E-state index in [1.165, 1.54) is 17.2 Å². The smallest absolute Gasteiger partial charge is 0.263 e. The Morgan fingerprint density at radius 1 is 1.25 bits per heavy atom. The number of ketones is 1. The summed E-state index contributed by atoms with van der Waals surface area (Å²) in [5.41, 5.74) is -2.66. The molecule has 1 saturated carbocycles. The van der Waals surface area contributed by atoms with E-state index in [4.69, 9.17) is 0 Å². The zero-order valence-electron chi connectivity index (χ0n) is 17.3. The van der Waals surface area contributed by atoms with E-state index in [0.717, 1.165) is 37.8 Å². The van der Waals surface area contributed by atoms with Gasteiger partial charge in [-0.2, -0.15) is 0 Å². The van der Waals surface area contributed by atoms with Gasteiger partial charge in [0, 0.05) is 42.5 Å². The minimum atomic E-state index is -2.65. The Balaban J connectivity index is 1.41. The van der Waals surface area contributed by atoms with Gasteiger partial charge in [-0.15, -0.1) is 0 Å². The predicted molar refractivity (Wildman–Crippen MR) is 108 cm³/mol. The second-order valence-electron chi connectivity index (χ2n) is 8.85. The number of fused-ring (bicyclic) bond motifs is 4. The molecule has 1 aromatic carbocycles. The molecule has 5 atom stereocenters. The molecule has 2 unspecified atom stereocenters. The van der Waals surface area contributed by atoms with Crippen LogP contribution in [0.3, 0.4) is 0 Å². The fourth-order valence-corrected chi connectivity index (χ4v) is 5.45. The summed E-state index contributed by atoms with van der Waals surface area (Å²) in [6, 6.07) is 1.60. The molecule has 2 saturated heterocycles. The van der Waals surface area contributed by atoms with Gasteiger partial charge in [-0.3, -0.25) is 19.7 Å². The summed E-state index contributed by atoms with van der Waals surface area (Å²) in [6.07, 6.45) is 6.09. The second-order valence-corrected chi connectivity index (χ2v) is 8.85. The number of piperazine rings is 1. The number of hydrogen-bond acceptors (Lipinski definition) is 6. The van der Waals surface area contributed by atoms with Crippen LogP contribution in [0.5, 0.6) is 0 Å². The van der Waals surface area contributed by atoms with E-state index >= 15 is 0 Å². The minimum Gasteiger partial charge on any atom is -0.371 e. The van der Waals surface area contributed by atoms with Gasteiger partial charge in [-0.05, 0) is 18.9 Å². The fourth-order valence-electron chi connectivity index (χ4n) is 5.45. The molecule has 32 heavy (non-hydrogen) atoms. The summed E-state index contributed by atoms with van der Waals surface area (Å²) in [5, 5.41) is 17.1. The number of nitrogens with zero attached hydrogens (tertiary/aromatic N) is 2. The maximum Gasteiger partial charge on any atom is 0.263 e. The SMILES string of the molecule is O=C1C2N(C=CC(=O)C2(O)C(=O)NCc2ccc(F)cc2F)C[C@H]2N[C@H]3CCCC[C@@H]3N12. The van der Waals surface area contributed by atoms with Gasteiger partial charge in [0.1, 0.15) is 17.8 Å². The van der Waals surface area contributed by atoms with Crippen molar-refractivity contribution in [1.82, 2.24) is 20.4 Å². The van der Waals surface area contributed by atoms with E-state index in [9.17, 15) is 28.3 Å². The van der Waals surface area contributed by atoms with E-state index in [1.54, 1.807) is 4.90 Å². The molecule has 1 aliphatic carbocycles. The van der Waals surface area contributed by atoms with Crippen LogP contribution in [-0.2, 0) is 20.9 Å². The second kappa shape index (κ2) is 7.63. The van der Waals surface area contributed by atoms with Gasteiger partial charge in [-0.25, -0.2) is 8.78 Å². The normalized spacial score (nSPS) is 33.6. The Bertz CT molecular complexity index is 1020. The molecule has 10 heteroatoms. The van der Waals surface area contributed by atoms with Gasteiger partial charge in [0.2, 0.25) is 11.4 Å². The van der Waals surface area contributed by atoms with Crippen molar-refractivity contribution in [2.24, 2.45) is 0 Å². The van der Waals surface area contributed by atoms with Crippen molar-refractivity contribution in [3.63, 3.8) is 0 Å². The van der Waals surface area contributed by atoms with Gasteiger partial charge < -0.3 is 20.2 Å². The maximum absolute atomic E-state index is 13.9. The van der Waals surface area contributed by atoms with E-state index in [0.29, 0.717) is 12.6 Å². The van der Waals surface area contributed by atoms with Gasteiger partial charge in [0.25, 0.3) is 11.8 Å². The van der Waals surface area contributed by atoms with Crippen LogP contribution in [0, 0.1) is 11.6 Å². The molecule has 0 aromatic heterocycles. The molecule has 3 aliphatic heterocycles. The van der Waals surface area contributed by atoms with Crippen LogP contribution in [0.1, 0.15) is 31.2 Å². The average molecular weight is 446 g/mol. The van der Waals surface area contributed by atoms with E-state index in [1.807, 2.05) is 0 Å². The number of nitrogens with one attached hydrogen (secondary N) is 2. The molecule has 4 aliphatic rings. The summed E-state index contributed by atoms with van der Waals surface area (Å²) < 4.78 is 27.1. The Labute approximate surface area is 183 Å². The highest BCUT2D eigenvalue weighted by molar-refractivity contribution is 6.18. The van der Waals surface area contributed by atoms with Crippen LogP contribution in [0.25, 0.3) is 0 Å². The molecule has 170 valence electrons. The van der Waals surface area contributed by atoms with Gasteiger partial charge in [0.05, 0.1) is 6.54 Å². The highest BCUT2D eigenvalue weighted by Gasteiger charge is 2.62. The Hall–Kier alpha value is -2.85. The van der Waals surface area contributed by atoms with Gasteiger partial charge in [0.15, 0.2) is 6.04 Å². The number of carbonyl (C=O) groups is 3. The summed E-state index contributed by atoms with van der Waals surface area (Å²) in [5.74, 6) is -4.11. The Kier molecular flexibility index (Phi) is 5.01. The predicted octanol–water partition coefficient (Wildman–Crippen LogP) is 0.162. The lowest BCUT2D eigenvalue weighted by atomic mass is 9.81. The monoisotopic (exact) mass is 446 g/mol. The molecule has 0 radical (unpaired) electrons. The topological polar surface area (TPSA) is 102 Å². The van der Waals surface area contributed by atoms with Crippen LogP contribution in [0.2, 0.25) is 0 Å². The Morgan fingerprint density at radius 2 is 2.03 bits per heavy atom. The largest absolute Gasteiger partial charge is 0.371 e. The number of benzene rings is 1. The third-order valence-electron chi connectivity index (χ3n) is 7.02. The van der Waals surface area contributed by atoms with Gasteiger partial charge >= 0.3 is 0 Å². The van der Waals surface area contributed by atoms with Crippen molar-refractivity contribution in [1.29, 1.82) is 0 Å². The van der Waals surface area contributed by atoms with Crippen molar-refractivity contribution in [3.05, 3.63) is 47.7 Å². The molecule has 2 amide bonds. The molecular formula is C22H24F2N4O4. The third-order valence-corrected chi connectivity index (χ3v) is 7.02. The summed E-state index contributed by atoms with van der Waals surface area (Å²) in [4.78, 5) is 42.5. The van der Waals surface area contributed by atoms with Crippen molar-refractivity contribution in [2.75, 3.05) is 6.54 Å². The molecule has 3 N–H and O–H groups in total. The lowest BCUT2D eigenvalue weighted by Gasteiger charge is -2.49. The number of hydrogen-bond donors (Lipinski definition) is 3. The first-order valence-electron chi connectivity index (χ1n) is 10.8. The highest BCUT2D eigenvalue weighted by atomic mass is 19.1. The molecule has 5 rings (SSSR count). The molecule has 3 fully saturated rings. The van der Waals surface area contributed by atoms with E-state index in [-0.39, 0.29) is 30.4 Å². The number of halogens is 2. The van der Waals surface area contributed by atoms with Crippen LogP contribution in [-0.4, -0.2) is 68.9 Å². The number of rotatable bonds is 3. The quantitative estimate of drug-likeness (QED) is 0.572. The number of amides is 2. The summed E-state index contributed by atoms with van der Waals surface area (Å²) >= 11 is 0. The molecule has 1 aromatic rings. The van der Waals surface area contributed by atoms with Crippen LogP contribution in [0.15, 0.2) is 30.5 Å². The number of aliphatic hydroxyl groups is 1. The van der Waals surface area contributed by atoms with Gasteiger partial charge in [-0.1, -0.05) is 18.9 Å². The van der Waals surface area contributed by atoms with Crippen LogP contribution < -0.4 is 10.6 Å². The molecule has 3 heterocycles. The van der Waals surface area contributed by atoms with Crippen LogP contribution >= 0.6 is 0 Å². The van der Waals surface area contributed by atoms with Crippen molar-refractivity contribution >= 4 is 17.6 Å². The van der Waals surface area contributed by atoms with E-state index in [2.05, 4.69) is 10.6 Å². The van der Waals surface area contributed by atoms with Crippen molar-refractivity contribution < 1.29 is 28.3 Å².